The summed E-state index contributed by atoms with van der Waals surface area (Å²) in [6.07, 6.45) is 2.16. The Labute approximate surface area is 151 Å². The zero-order valence-electron chi connectivity index (χ0n) is 15.8. The lowest BCUT2D eigenvalue weighted by atomic mass is 9.77. The van der Waals surface area contributed by atoms with Crippen molar-refractivity contribution in [3.8, 4) is 11.5 Å². The molecule has 1 heterocycles. The van der Waals surface area contributed by atoms with Crippen LogP contribution in [0.1, 0.15) is 37.0 Å². The van der Waals surface area contributed by atoms with Gasteiger partial charge in [0.15, 0.2) is 11.5 Å². The van der Waals surface area contributed by atoms with Crippen LogP contribution in [0, 0.1) is 0 Å². The van der Waals surface area contributed by atoms with E-state index in [2.05, 4.69) is 61.2 Å². The summed E-state index contributed by atoms with van der Waals surface area (Å²) in [5.74, 6) is 1.66. The van der Waals surface area contributed by atoms with Gasteiger partial charge in [0.05, 0.1) is 14.2 Å². The maximum Gasteiger partial charge on any atom is 0.161 e. The lowest BCUT2D eigenvalue weighted by Gasteiger charge is -2.35. The fraction of sp³-hybridized carbons (Fsp3) is 0.455. The molecule has 0 unspecified atom stereocenters. The van der Waals surface area contributed by atoms with E-state index in [0.717, 1.165) is 44.0 Å². The van der Waals surface area contributed by atoms with Gasteiger partial charge in [0.1, 0.15) is 0 Å². The van der Waals surface area contributed by atoms with Gasteiger partial charge in [0, 0.05) is 13.1 Å². The van der Waals surface area contributed by atoms with Crippen molar-refractivity contribution in [2.24, 2.45) is 0 Å². The molecule has 0 spiro atoms. The minimum atomic E-state index is 0.115. The molecule has 0 aromatic heterocycles. The van der Waals surface area contributed by atoms with Crippen molar-refractivity contribution in [3.05, 3.63) is 59.2 Å². The Morgan fingerprint density at radius 1 is 0.960 bits per heavy atom. The normalized spacial score (nSPS) is 17.3. The van der Waals surface area contributed by atoms with Gasteiger partial charge in [-0.25, -0.2) is 0 Å². The van der Waals surface area contributed by atoms with Crippen LogP contribution in [0.4, 0.5) is 0 Å². The van der Waals surface area contributed by atoms with Crippen LogP contribution in [0.2, 0.25) is 0 Å². The predicted molar refractivity (Wildman–Crippen MR) is 103 cm³/mol. The molecule has 0 fully saturated rings. The Hall–Kier alpha value is -2.00. The Morgan fingerprint density at radius 2 is 1.64 bits per heavy atom. The van der Waals surface area contributed by atoms with Crippen molar-refractivity contribution in [2.75, 3.05) is 27.3 Å². The summed E-state index contributed by atoms with van der Waals surface area (Å²) in [6, 6.07) is 15.1. The summed E-state index contributed by atoms with van der Waals surface area (Å²) < 4.78 is 11.1. The average Bonchev–Trinajstić information content (AvgIpc) is 2.63. The van der Waals surface area contributed by atoms with Crippen molar-refractivity contribution >= 4 is 0 Å². The number of hydrogen-bond acceptors (Lipinski definition) is 3. The molecule has 0 saturated heterocycles. The van der Waals surface area contributed by atoms with E-state index in [1.165, 1.54) is 16.7 Å². The van der Waals surface area contributed by atoms with Crippen LogP contribution in [0.25, 0.3) is 0 Å². The van der Waals surface area contributed by atoms with E-state index in [1.54, 1.807) is 14.2 Å². The monoisotopic (exact) mass is 339 g/mol. The molecule has 0 amide bonds. The average molecular weight is 339 g/mol. The Balaban J connectivity index is 1.87. The molecule has 0 atom stereocenters. The largest absolute Gasteiger partial charge is 0.493 e. The molecule has 2 aromatic carbocycles. The van der Waals surface area contributed by atoms with Gasteiger partial charge in [-0.1, -0.05) is 44.2 Å². The number of nitrogens with zero attached hydrogens (tertiary/aromatic N) is 1. The van der Waals surface area contributed by atoms with Crippen LogP contribution < -0.4 is 9.47 Å². The van der Waals surface area contributed by atoms with Gasteiger partial charge in [-0.3, -0.25) is 4.90 Å². The van der Waals surface area contributed by atoms with Gasteiger partial charge in [-0.05, 0) is 53.6 Å². The topological polar surface area (TPSA) is 21.7 Å². The van der Waals surface area contributed by atoms with Gasteiger partial charge < -0.3 is 9.47 Å². The number of methoxy groups -OCH3 is 2. The maximum atomic E-state index is 5.53. The molecule has 1 aliphatic rings. The van der Waals surface area contributed by atoms with E-state index < -0.39 is 0 Å². The molecule has 3 heteroatoms. The molecular weight excluding hydrogens is 310 g/mol. The molecule has 1 aliphatic heterocycles. The van der Waals surface area contributed by atoms with Gasteiger partial charge in [-0.2, -0.15) is 0 Å². The van der Waals surface area contributed by atoms with E-state index in [9.17, 15) is 0 Å². The molecular formula is C22H29NO2. The Kier molecular flexibility index (Phi) is 5.33. The molecule has 0 bridgehead atoms. The smallest absolute Gasteiger partial charge is 0.161 e. The van der Waals surface area contributed by atoms with Crippen LogP contribution in [0.5, 0.6) is 11.5 Å². The fourth-order valence-corrected chi connectivity index (χ4v) is 3.72. The third kappa shape index (κ3) is 3.98. The zero-order chi connectivity index (χ0) is 17.9. The van der Waals surface area contributed by atoms with Crippen molar-refractivity contribution in [2.45, 2.75) is 38.6 Å². The van der Waals surface area contributed by atoms with E-state index >= 15 is 0 Å². The number of fused-ring (bicyclic) bond motifs is 1. The number of rotatable bonds is 4. The molecule has 25 heavy (non-hydrogen) atoms. The summed E-state index contributed by atoms with van der Waals surface area (Å²) in [6.45, 7) is 7.86. The van der Waals surface area contributed by atoms with Crippen LogP contribution in [-0.4, -0.2) is 32.2 Å². The van der Waals surface area contributed by atoms with Gasteiger partial charge >= 0.3 is 0 Å². The van der Waals surface area contributed by atoms with E-state index in [4.69, 9.17) is 9.47 Å². The highest BCUT2D eigenvalue weighted by Gasteiger charge is 2.28. The van der Waals surface area contributed by atoms with Crippen LogP contribution in [-0.2, 0) is 18.4 Å². The first kappa shape index (κ1) is 17.8. The number of hydrogen-bond donors (Lipinski definition) is 0. The summed E-state index contributed by atoms with van der Waals surface area (Å²) in [4.78, 5) is 2.57. The minimum Gasteiger partial charge on any atom is -0.493 e. The first-order valence-electron chi connectivity index (χ1n) is 9.05. The molecule has 0 radical (unpaired) electrons. The highest BCUT2D eigenvalue weighted by Crippen LogP contribution is 2.39. The predicted octanol–water partition coefficient (Wildman–Crippen LogP) is 4.43. The lowest BCUT2D eigenvalue weighted by molar-refractivity contribution is 0.233. The molecule has 0 N–H and O–H groups in total. The second-order valence-electron chi connectivity index (χ2n) is 7.51. The first-order valence-corrected chi connectivity index (χ1v) is 9.05. The van der Waals surface area contributed by atoms with E-state index in [0.29, 0.717) is 0 Å². The van der Waals surface area contributed by atoms with Crippen molar-refractivity contribution < 1.29 is 9.47 Å². The SMILES string of the molecule is COc1cc2c(cc1OC)C(C)(C)CCN(Cc1ccccc1)CC2. The van der Waals surface area contributed by atoms with Crippen molar-refractivity contribution in [1.82, 2.24) is 4.90 Å². The number of ether oxygens (including phenoxy) is 2. The molecule has 0 aliphatic carbocycles. The third-order valence-corrected chi connectivity index (χ3v) is 5.34. The van der Waals surface area contributed by atoms with Crippen LogP contribution >= 0.6 is 0 Å². The molecule has 3 nitrogen and oxygen atoms in total. The van der Waals surface area contributed by atoms with Crippen LogP contribution in [0.15, 0.2) is 42.5 Å². The maximum absolute atomic E-state index is 5.53. The lowest BCUT2D eigenvalue weighted by Crippen LogP contribution is -2.34. The van der Waals surface area contributed by atoms with Gasteiger partial charge in [0.2, 0.25) is 0 Å². The molecule has 0 saturated carbocycles. The van der Waals surface area contributed by atoms with Crippen molar-refractivity contribution in [3.63, 3.8) is 0 Å². The minimum absolute atomic E-state index is 0.115. The fourth-order valence-electron chi connectivity index (χ4n) is 3.72. The van der Waals surface area contributed by atoms with Gasteiger partial charge in [-0.15, -0.1) is 0 Å². The molecule has 3 rings (SSSR count). The van der Waals surface area contributed by atoms with E-state index in [-0.39, 0.29) is 5.41 Å². The summed E-state index contributed by atoms with van der Waals surface area (Å²) >= 11 is 0. The standard InChI is InChI=1S/C22H29NO2/c1-22(2)11-13-23(16-17-8-6-5-7-9-17)12-10-18-14-20(24-3)21(25-4)15-19(18)22/h5-9,14-15H,10-13,16H2,1-4H3. The summed E-state index contributed by atoms with van der Waals surface area (Å²) in [5, 5.41) is 0. The third-order valence-electron chi connectivity index (χ3n) is 5.34. The zero-order valence-corrected chi connectivity index (χ0v) is 15.8. The summed E-state index contributed by atoms with van der Waals surface area (Å²) in [5.41, 5.74) is 4.27. The Bertz CT molecular complexity index is 709. The Morgan fingerprint density at radius 3 is 2.32 bits per heavy atom. The van der Waals surface area contributed by atoms with Crippen molar-refractivity contribution in [1.29, 1.82) is 0 Å². The molecule has 2 aromatic rings. The highest BCUT2D eigenvalue weighted by atomic mass is 16.5. The van der Waals surface area contributed by atoms with Crippen LogP contribution in [0.3, 0.4) is 0 Å². The number of benzene rings is 2. The second kappa shape index (κ2) is 7.49. The summed E-state index contributed by atoms with van der Waals surface area (Å²) in [7, 11) is 3.42. The quantitative estimate of drug-likeness (QED) is 0.822. The first-order chi connectivity index (χ1) is 12.0. The van der Waals surface area contributed by atoms with Gasteiger partial charge in [0.25, 0.3) is 0 Å². The molecule has 134 valence electrons. The van der Waals surface area contributed by atoms with E-state index in [1.807, 2.05) is 0 Å². The second-order valence-corrected chi connectivity index (χ2v) is 7.51. The highest BCUT2D eigenvalue weighted by molar-refractivity contribution is 5.50.